The highest BCUT2D eigenvalue weighted by Crippen LogP contribution is 2.35. The number of nitrogens with zero attached hydrogens (tertiary/aromatic N) is 2. The minimum Gasteiger partial charge on any atom is -0.445 e. The summed E-state index contributed by atoms with van der Waals surface area (Å²) in [5.74, 6) is 0.645. The van der Waals surface area contributed by atoms with Gasteiger partial charge in [0.05, 0.1) is 5.69 Å². The van der Waals surface area contributed by atoms with Crippen LogP contribution >= 0.6 is 0 Å². The van der Waals surface area contributed by atoms with E-state index < -0.39 is 0 Å². The maximum Gasteiger partial charge on any atom is 0.226 e. The monoisotopic (exact) mass is 246 g/mol. The Morgan fingerprint density at radius 3 is 2.89 bits per heavy atom. The molecule has 0 unspecified atom stereocenters. The van der Waals surface area contributed by atoms with E-state index >= 15 is 0 Å². The molecule has 1 aromatic heterocycles. The van der Waals surface area contributed by atoms with Gasteiger partial charge in [-0.25, -0.2) is 4.99 Å². The summed E-state index contributed by atoms with van der Waals surface area (Å²) in [6.45, 7) is 0. The fraction of sp³-hybridized carbons (Fsp3) is 0. The van der Waals surface area contributed by atoms with Gasteiger partial charge in [-0.1, -0.05) is 24.3 Å². The molecule has 1 aromatic carbocycles. The Bertz CT molecular complexity index is 847. The average molecular weight is 246 g/mol. The number of benzene rings is 1. The van der Waals surface area contributed by atoms with Crippen LogP contribution in [0.25, 0.3) is 17.9 Å². The molecule has 3 heteroatoms. The second-order valence-corrected chi connectivity index (χ2v) is 4.42. The van der Waals surface area contributed by atoms with E-state index in [1.165, 1.54) is 0 Å². The molecule has 19 heavy (non-hydrogen) atoms. The first kappa shape index (κ1) is 10.3. The van der Waals surface area contributed by atoms with Gasteiger partial charge in [0.2, 0.25) is 5.90 Å². The third-order valence-corrected chi connectivity index (χ3v) is 3.26. The van der Waals surface area contributed by atoms with Crippen molar-refractivity contribution >= 4 is 29.5 Å². The molecule has 0 bridgehead atoms. The smallest absolute Gasteiger partial charge is 0.226 e. The van der Waals surface area contributed by atoms with Crippen LogP contribution in [0.4, 0.5) is 5.69 Å². The molecular weight excluding hydrogens is 236 g/mol. The number of rotatable bonds is 0. The van der Waals surface area contributed by atoms with Gasteiger partial charge in [0.15, 0.2) is 0 Å². The summed E-state index contributed by atoms with van der Waals surface area (Å²) in [5, 5.41) is 2.04. The van der Waals surface area contributed by atoms with E-state index in [0.717, 1.165) is 27.3 Å². The Morgan fingerprint density at radius 2 is 1.89 bits per heavy atom. The van der Waals surface area contributed by atoms with Gasteiger partial charge in [-0.3, -0.25) is 4.98 Å². The normalized spacial score (nSPS) is 16.9. The van der Waals surface area contributed by atoms with Crippen molar-refractivity contribution in [1.82, 2.24) is 4.98 Å². The minimum atomic E-state index is 0.645. The van der Waals surface area contributed by atoms with Crippen molar-refractivity contribution < 1.29 is 4.74 Å². The topological polar surface area (TPSA) is 34.5 Å². The van der Waals surface area contributed by atoms with Crippen LogP contribution in [-0.4, -0.2) is 10.9 Å². The molecule has 0 fully saturated rings. The summed E-state index contributed by atoms with van der Waals surface area (Å²) in [6, 6.07) is 10.0. The van der Waals surface area contributed by atoms with E-state index in [-0.39, 0.29) is 0 Å². The van der Waals surface area contributed by atoms with Gasteiger partial charge in [-0.2, -0.15) is 0 Å². The molecule has 90 valence electrons. The molecule has 0 amide bonds. The van der Waals surface area contributed by atoms with Crippen molar-refractivity contribution in [3.8, 4) is 0 Å². The van der Waals surface area contributed by atoms with E-state index in [4.69, 9.17) is 4.74 Å². The highest BCUT2D eigenvalue weighted by molar-refractivity contribution is 6.26. The Hall–Kier alpha value is -2.68. The standard InChI is InChI=1S/C16H10N2O/c1-2-4-15-13(3-1)14-6-5-11-7-8-17-9-12(11)10-19-16(14)18-15/h1-10H/b11-5?,12-10-,14-6?. The molecule has 2 aromatic rings. The molecule has 0 saturated heterocycles. The Morgan fingerprint density at radius 1 is 0.947 bits per heavy atom. The Kier molecular flexibility index (Phi) is 2.12. The van der Waals surface area contributed by atoms with Crippen LogP contribution in [0.15, 0.2) is 53.8 Å². The van der Waals surface area contributed by atoms with Gasteiger partial charge in [0, 0.05) is 28.7 Å². The van der Waals surface area contributed by atoms with E-state index in [1.807, 2.05) is 24.3 Å². The zero-order chi connectivity index (χ0) is 12.7. The molecule has 0 aliphatic carbocycles. The van der Waals surface area contributed by atoms with Gasteiger partial charge >= 0.3 is 0 Å². The predicted molar refractivity (Wildman–Crippen MR) is 75.0 cm³/mol. The number of fused-ring (bicyclic) bond motifs is 4. The van der Waals surface area contributed by atoms with Crippen molar-refractivity contribution in [2.45, 2.75) is 0 Å². The molecule has 2 aliphatic heterocycles. The Labute approximate surface area is 109 Å². The highest BCUT2D eigenvalue weighted by atomic mass is 16.5. The summed E-state index contributed by atoms with van der Waals surface area (Å²) in [4.78, 5) is 8.61. The highest BCUT2D eigenvalue weighted by Gasteiger charge is 2.21. The predicted octanol–water partition coefficient (Wildman–Crippen LogP) is 1.76. The molecule has 2 aliphatic rings. The lowest BCUT2D eigenvalue weighted by atomic mass is 10.1. The van der Waals surface area contributed by atoms with E-state index in [9.17, 15) is 0 Å². The van der Waals surface area contributed by atoms with Gasteiger partial charge in [0.25, 0.3) is 0 Å². The maximum atomic E-state index is 5.71. The third-order valence-electron chi connectivity index (χ3n) is 3.26. The summed E-state index contributed by atoms with van der Waals surface area (Å²) in [5.41, 5.74) is 3.09. The van der Waals surface area contributed by atoms with Crippen LogP contribution in [0.5, 0.6) is 0 Å². The molecular formula is C16H10N2O. The average Bonchev–Trinajstić information content (AvgIpc) is 2.78. The number of para-hydroxylation sites is 1. The fourth-order valence-electron chi connectivity index (χ4n) is 2.29. The molecule has 0 saturated carbocycles. The van der Waals surface area contributed by atoms with Crippen molar-refractivity contribution in [1.29, 1.82) is 0 Å². The molecule has 0 N–H and O–H groups in total. The lowest BCUT2D eigenvalue weighted by Crippen LogP contribution is -2.26. The molecule has 4 rings (SSSR count). The number of hydrogen-bond donors (Lipinski definition) is 0. The van der Waals surface area contributed by atoms with Crippen LogP contribution in [0.3, 0.4) is 0 Å². The summed E-state index contributed by atoms with van der Waals surface area (Å²) in [7, 11) is 0. The van der Waals surface area contributed by atoms with E-state index in [2.05, 4.69) is 28.2 Å². The number of aromatic nitrogens is 1. The minimum absolute atomic E-state index is 0.645. The summed E-state index contributed by atoms with van der Waals surface area (Å²) >= 11 is 0. The Balaban J connectivity index is 1.98. The number of pyridine rings is 1. The molecule has 0 radical (unpaired) electrons. The van der Waals surface area contributed by atoms with Gasteiger partial charge < -0.3 is 4.74 Å². The summed E-state index contributed by atoms with van der Waals surface area (Å²) < 4.78 is 5.71. The SMILES string of the molecule is C1=C2C(=Nc3ccccc32)O/C=c2/cnccc2=C1. The first-order chi connectivity index (χ1) is 9.42. The van der Waals surface area contributed by atoms with Crippen LogP contribution in [0, 0.1) is 0 Å². The zero-order valence-electron chi connectivity index (χ0n) is 10.1. The van der Waals surface area contributed by atoms with Gasteiger partial charge in [0.1, 0.15) is 6.26 Å². The van der Waals surface area contributed by atoms with Crippen molar-refractivity contribution in [3.63, 3.8) is 0 Å². The number of ether oxygens (including phenoxy) is 1. The first-order valence-corrected chi connectivity index (χ1v) is 6.09. The van der Waals surface area contributed by atoms with E-state index in [1.54, 1.807) is 18.7 Å². The van der Waals surface area contributed by atoms with Gasteiger partial charge in [-0.15, -0.1) is 0 Å². The number of hydrogen-bond acceptors (Lipinski definition) is 3. The van der Waals surface area contributed by atoms with Crippen molar-refractivity contribution in [2.75, 3.05) is 0 Å². The first-order valence-electron chi connectivity index (χ1n) is 6.09. The largest absolute Gasteiger partial charge is 0.445 e. The van der Waals surface area contributed by atoms with Crippen molar-refractivity contribution in [2.24, 2.45) is 4.99 Å². The maximum absolute atomic E-state index is 5.71. The summed E-state index contributed by atoms with van der Waals surface area (Å²) in [6.07, 6.45) is 9.39. The lowest BCUT2D eigenvalue weighted by Gasteiger charge is -2.04. The molecule has 3 heterocycles. The quantitative estimate of drug-likeness (QED) is 0.710. The number of aliphatic imine (C=N–C) groups is 1. The molecule has 0 spiro atoms. The second-order valence-electron chi connectivity index (χ2n) is 4.42. The number of allylic oxidation sites excluding steroid dienone is 1. The van der Waals surface area contributed by atoms with Crippen molar-refractivity contribution in [3.05, 3.63) is 64.8 Å². The second kappa shape index (κ2) is 3.92. The lowest BCUT2D eigenvalue weighted by molar-refractivity contribution is 0.541. The third kappa shape index (κ3) is 1.59. The van der Waals surface area contributed by atoms with Gasteiger partial charge in [-0.05, 0) is 23.4 Å². The van der Waals surface area contributed by atoms with Crippen LogP contribution < -0.4 is 10.4 Å². The van der Waals surface area contributed by atoms with E-state index in [0.29, 0.717) is 5.90 Å². The van der Waals surface area contributed by atoms with Crippen LogP contribution in [-0.2, 0) is 4.74 Å². The molecule has 3 nitrogen and oxygen atoms in total. The van der Waals surface area contributed by atoms with Crippen LogP contribution in [0.1, 0.15) is 5.56 Å². The van der Waals surface area contributed by atoms with Crippen LogP contribution in [0.2, 0.25) is 0 Å². The fourth-order valence-corrected chi connectivity index (χ4v) is 2.29. The zero-order valence-corrected chi connectivity index (χ0v) is 10.1. The molecule has 0 atom stereocenters.